The van der Waals surface area contributed by atoms with Gasteiger partial charge in [-0.15, -0.1) is 0 Å². The van der Waals surface area contributed by atoms with Crippen molar-refractivity contribution in [3.63, 3.8) is 0 Å². The molecule has 9 heteroatoms. The van der Waals surface area contributed by atoms with Crippen LogP contribution in [0.5, 0.6) is 0 Å². The fourth-order valence-electron chi connectivity index (χ4n) is 5.53. The average molecular weight is 517 g/mol. The smallest absolute Gasteiger partial charge is 0.317 e. The molecular weight excluding hydrogens is 472 g/mol. The minimum Gasteiger partial charge on any atom is -0.480 e. The predicted molar refractivity (Wildman–Crippen MR) is 143 cm³/mol. The number of amides is 1. The Balaban J connectivity index is 1.76. The zero-order valence-electron chi connectivity index (χ0n) is 22.3. The lowest BCUT2D eigenvalue weighted by Gasteiger charge is -2.31. The molecule has 0 spiro atoms. The molecule has 2 aliphatic rings. The first-order valence-electron chi connectivity index (χ1n) is 13.8. The van der Waals surface area contributed by atoms with Gasteiger partial charge in [0.2, 0.25) is 5.91 Å². The lowest BCUT2D eigenvalue weighted by atomic mass is 9.97. The molecule has 2 aliphatic heterocycles. The van der Waals surface area contributed by atoms with E-state index in [0.717, 1.165) is 90.1 Å². The molecule has 1 amide bonds. The maximum Gasteiger partial charge on any atom is 0.317 e. The SMILES string of the molecule is CCC(=O)Nc1ccc(CC2CN3CCCN(CC(=O)O)CCN(CCCC(COC=O)CC3)C2)cc1. The maximum absolute atomic E-state index is 11.7. The van der Waals surface area contributed by atoms with Crippen LogP contribution in [0.1, 0.15) is 44.6 Å². The van der Waals surface area contributed by atoms with Crippen LogP contribution in [0.25, 0.3) is 0 Å². The normalized spacial score (nSPS) is 26.0. The van der Waals surface area contributed by atoms with Crippen LogP contribution >= 0.6 is 0 Å². The van der Waals surface area contributed by atoms with E-state index >= 15 is 0 Å². The number of carbonyl (C=O) groups is 3. The summed E-state index contributed by atoms with van der Waals surface area (Å²) >= 11 is 0. The largest absolute Gasteiger partial charge is 0.480 e. The van der Waals surface area contributed by atoms with Gasteiger partial charge in [-0.05, 0) is 81.3 Å². The van der Waals surface area contributed by atoms with E-state index in [1.54, 1.807) is 0 Å². The summed E-state index contributed by atoms with van der Waals surface area (Å²) in [6.45, 7) is 10.1. The van der Waals surface area contributed by atoms with Crippen molar-refractivity contribution in [2.45, 2.75) is 45.4 Å². The molecule has 0 radical (unpaired) electrons. The van der Waals surface area contributed by atoms with Crippen molar-refractivity contribution in [1.82, 2.24) is 14.7 Å². The minimum absolute atomic E-state index is 0.0155. The lowest BCUT2D eigenvalue weighted by Crippen LogP contribution is -2.41. The van der Waals surface area contributed by atoms with Gasteiger partial charge in [-0.25, -0.2) is 0 Å². The molecule has 2 bridgehead atoms. The van der Waals surface area contributed by atoms with Gasteiger partial charge < -0.3 is 25.0 Å². The Morgan fingerprint density at radius 1 is 0.973 bits per heavy atom. The van der Waals surface area contributed by atoms with Crippen molar-refractivity contribution >= 4 is 24.0 Å². The van der Waals surface area contributed by atoms with Crippen LogP contribution in [0.2, 0.25) is 0 Å². The molecule has 4 atom stereocenters. The number of hydrogen-bond donors (Lipinski definition) is 2. The summed E-state index contributed by atoms with van der Waals surface area (Å²) in [6, 6.07) is 8.20. The second-order valence-electron chi connectivity index (χ2n) is 10.5. The van der Waals surface area contributed by atoms with Crippen LogP contribution in [0.3, 0.4) is 0 Å². The van der Waals surface area contributed by atoms with Gasteiger partial charge >= 0.3 is 5.97 Å². The number of anilines is 1. The number of ether oxygens (including phenoxy) is 1. The number of carboxylic acids is 1. The van der Waals surface area contributed by atoms with E-state index in [4.69, 9.17) is 4.74 Å². The summed E-state index contributed by atoms with van der Waals surface area (Å²) in [6.07, 6.45) is 5.39. The van der Waals surface area contributed by atoms with Gasteiger partial charge in [-0.3, -0.25) is 19.3 Å². The van der Waals surface area contributed by atoms with Crippen LogP contribution in [0, 0.1) is 11.8 Å². The van der Waals surface area contributed by atoms with Crippen molar-refractivity contribution in [1.29, 1.82) is 0 Å². The Hall–Kier alpha value is -2.49. The van der Waals surface area contributed by atoms with Gasteiger partial charge in [0, 0.05) is 44.8 Å². The Kier molecular flexibility index (Phi) is 12.3. The first-order valence-corrected chi connectivity index (χ1v) is 13.8. The summed E-state index contributed by atoms with van der Waals surface area (Å²) in [5.74, 6) is 0.0453. The molecule has 9 nitrogen and oxygen atoms in total. The fourth-order valence-corrected chi connectivity index (χ4v) is 5.53. The van der Waals surface area contributed by atoms with E-state index in [1.807, 2.05) is 19.1 Å². The third kappa shape index (κ3) is 10.8. The average Bonchev–Trinajstić information content (AvgIpc) is 2.93. The summed E-state index contributed by atoms with van der Waals surface area (Å²) < 4.78 is 5.14. The van der Waals surface area contributed by atoms with Gasteiger partial charge in [0.25, 0.3) is 6.47 Å². The van der Waals surface area contributed by atoms with E-state index < -0.39 is 5.97 Å². The van der Waals surface area contributed by atoms with Gasteiger partial charge in [-0.1, -0.05) is 19.1 Å². The number of rotatable bonds is 9. The molecule has 4 unspecified atom stereocenters. The van der Waals surface area contributed by atoms with Crippen molar-refractivity contribution in [3.05, 3.63) is 29.8 Å². The molecule has 0 aromatic heterocycles. The third-order valence-corrected chi connectivity index (χ3v) is 7.50. The second-order valence-corrected chi connectivity index (χ2v) is 10.5. The van der Waals surface area contributed by atoms with E-state index in [2.05, 4.69) is 32.1 Å². The zero-order chi connectivity index (χ0) is 26.5. The molecule has 2 saturated heterocycles. The fraction of sp³-hybridized carbons (Fsp3) is 0.679. The number of carbonyl (C=O) groups excluding carboxylic acids is 2. The molecule has 1 aromatic rings. The molecule has 2 heterocycles. The van der Waals surface area contributed by atoms with E-state index in [-0.39, 0.29) is 12.5 Å². The Labute approximate surface area is 221 Å². The zero-order valence-corrected chi connectivity index (χ0v) is 22.3. The summed E-state index contributed by atoms with van der Waals surface area (Å²) in [5.41, 5.74) is 2.09. The van der Waals surface area contributed by atoms with Crippen molar-refractivity contribution < 1.29 is 24.2 Å². The second kappa shape index (κ2) is 15.7. The van der Waals surface area contributed by atoms with E-state index in [1.165, 1.54) is 5.56 Å². The van der Waals surface area contributed by atoms with Gasteiger partial charge in [0.15, 0.2) is 0 Å². The van der Waals surface area contributed by atoms with Crippen LogP contribution in [-0.4, -0.2) is 104 Å². The monoisotopic (exact) mass is 516 g/mol. The molecule has 2 N–H and O–H groups in total. The molecule has 206 valence electrons. The number of nitrogens with zero attached hydrogens (tertiary/aromatic N) is 3. The van der Waals surface area contributed by atoms with Crippen LogP contribution < -0.4 is 5.32 Å². The standard InChI is InChI=1S/C28H44N4O5/c1-2-27(34)29-26-8-6-23(7-9-26)17-25-18-30-12-4-13-32(20-28(35)36)16-15-31(19-25)11-3-5-24(10-14-30)21-37-22-33/h6-9,22,24-25H,2-5,10-21H2,1H3,(H,29,34)(H,35,36). The highest BCUT2D eigenvalue weighted by Gasteiger charge is 2.24. The molecule has 0 aliphatic carbocycles. The van der Waals surface area contributed by atoms with Crippen molar-refractivity contribution in [2.24, 2.45) is 11.8 Å². The quantitative estimate of drug-likeness (QED) is 0.483. The first kappa shape index (κ1) is 29.1. The summed E-state index contributed by atoms with van der Waals surface area (Å²) in [4.78, 5) is 41.0. The number of aliphatic carboxylic acids is 1. The number of benzene rings is 1. The molecular formula is C28H44N4O5. The number of fused-ring (bicyclic) bond motifs is 4. The molecule has 1 aromatic carbocycles. The Morgan fingerprint density at radius 3 is 2.41 bits per heavy atom. The molecule has 37 heavy (non-hydrogen) atoms. The van der Waals surface area contributed by atoms with E-state index in [9.17, 15) is 19.5 Å². The van der Waals surface area contributed by atoms with E-state index in [0.29, 0.717) is 31.3 Å². The van der Waals surface area contributed by atoms with Crippen molar-refractivity contribution in [2.75, 3.05) is 70.8 Å². The highest BCUT2D eigenvalue weighted by molar-refractivity contribution is 5.90. The van der Waals surface area contributed by atoms with Gasteiger partial charge in [0.05, 0.1) is 13.2 Å². The number of hydrogen-bond acceptors (Lipinski definition) is 7. The number of carboxylic acid groups (broad SMARTS) is 1. The molecule has 3 rings (SSSR count). The van der Waals surface area contributed by atoms with Gasteiger partial charge in [0.1, 0.15) is 0 Å². The van der Waals surface area contributed by atoms with Crippen LogP contribution in [0.15, 0.2) is 24.3 Å². The highest BCUT2D eigenvalue weighted by Crippen LogP contribution is 2.21. The Bertz CT molecular complexity index is 849. The molecule has 0 saturated carbocycles. The topological polar surface area (TPSA) is 102 Å². The Morgan fingerprint density at radius 2 is 1.70 bits per heavy atom. The minimum atomic E-state index is -0.770. The molecule has 2 fully saturated rings. The van der Waals surface area contributed by atoms with Crippen LogP contribution in [-0.2, 0) is 25.5 Å². The highest BCUT2D eigenvalue weighted by atomic mass is 16.5. The third-order valence-electron chi connectivity index (χ3n) is 7.50. The van der Waals surface area contributed by atoms with Crippen LogP contribution in [0.4, 0.5) is 5.69 Å². The predicted octanol–water partition coefficient (Wildman–Crippen LogP) is 2.56. The number of nitrogens with one attached hydrogen (secondary N) is 1. The first-order chi connectivity index (χ1) is 17.9. The maximum atomic E-state index is 11.7. The van der Waals surface area contributed by atoms with Gasteiger partial charge in [-0.2, -0.15) is 0 Å². The van der Waals surface area contributed by atoms with Crippen molar-refractivity contribution in [3.8, 4) is 0 Å². The summed E-state index contributed by atoms with van der Waals surface area (Å²) in [7, 11) is 0. The lowest BCUT2D eigenvalue weighted by molar-refractivity contribution is -0.138. The summed E-state index contributed by atoms with van der Waals surface area (Å²) in [5, 5.41) is 12.3.